The molecule has 0 aromatic carbocycles. The smallest absolute Gasteiger partial charge is 0.244 e. The Labute approximate surface area is 128 Å². The van der Waals surface area contributed by atoms with Gasteiger partial charge in [-0.3, -0.25) is 0 Å². The fourth-order valence-electron chi connectivity index (χ4n) is 2.52. The highest BCUT2D eigenvalue weighted by Crippen LogP contribution is 2.28. The Bertz CT molecular complexity index is 577. The molecule has 1 fully saturated rings. The lowest BCUT2D eigenvalue weighted by molar-refractivity contribution is 0.538. The lowest BCUT2D eigenvalue weighted by atomic mass is 10.1. The second kappa shape index (κ2) is 6.41. The molecule has 2 atom stereocenters. The number of nitrogens with zero attached hydrogens (tertiary/aromatic N) is 1. The lowest BCUT2D eigenvalue weighted by Gasteiger charge is -2.15. The molecule has 2 N–H and O–H groups in total. The summed E-state index contributed by atoms with van der Waals surface area (Å²) in [4.78, 5) is 4.35. The molecular weight excluding hydrogens is 342 g/mol. The third kappa shape index (κ3) is 3.71. The van der Waals surface area contributed by atoms with Crippen LogP contribution in [-0.4, -0.2) is 26.0 Å². The van der Waals surface area contributed by atoms with E-state index in [9.17, 15) is 8.42 Å². The van der Waals surface area contributed by atoms with Crippen molar-refractivity contribution >= 4 is 31.8 Å². The number of nitrogens with one attached hydrogen (secondary N) is 2. The summed E-state index contributed by atoms with van der Waals surface area (Å²) in [6.45, 7) is 4.68. The Morgan fingerprint density at radius 2 is 2.20 bits per heavy atom. The maximum Gasteiger partial charge on any atom is 0.244 e. The number of anilines is 1. The van der Waals surface area contributed by atoms with Gasteiger partial charge in [-0.25, -0.2) is 18.1 Å². The molecule has 0 bridgehead atoms. The molecule has 2 rings (SSSR count). The summed E-state index contributed by atoms with van der Waals surface area (Å²) in [6.07, 6.45) is 4.47. The summed E-state index contributed by atoms with van der Waals surface area (Å²) in [5.74, 6) is 0.978. The standard InChI is InChI=1S/C13H20BrN3O2S/c1-3-15-13-12(7-10(14)8-16-13)20(18,19)17-11-5-4-9(2)6-11/h7-9,11,17H,3-6H2,1-2H3,(H,15,16). The van der Waals surface area contributed by atoms with E-state index in [-0.39, 0.29) is 10.9 Å². The molecule has 5 nitrogen and oxygen atoms in total. The highest BCUT2D eigenvalue weighted by atomic mass is 79.9. The van der Waals surface area contributed by atoms with Gasteiger partial charge in [0, 0.05) is 23.3 Å². The summed E-state index contributed by atoms with van der Waals surface area (Å²) in [5, 5.41) is 2.99. The number of halogens is 1. The maximum atomic E-state index is 12.5. The molecule has 1 saturated carbocycles. The molecule has 0 aliphatic heterocycles. The van der Waals surface area contributed by atoms with Crippen molar-refractivity contribution in [2.45, 2.75) is 44.0 Å². The number of aromatic nitrogens is 1. The largest absolute Gasteiger partial charge is 0.369 e. The number of pyridine rings is 1. The van der Waals surface area contributed by atoms with Crippen LogP contribution in [0.3, 0.4) is 0 Å². The molecule has 7 heteroatoms. The van der Waals surface area contributed by atoms with Crippen molar-refractivity contribution in [1.82, 2.24) is 9.71 Å². The lowest BCUT2D eigenvalue weighted by Crippen LogP contribution is -2.33. The van der Waals surface area contributed by atoms with E-state index in [1.165, 1.54) is 0 Å². The van der Waals surface area contributed by atoms with Gasteiger partial charge < -0.3 is 5.32 Å². The van der Waals surface area contributed by atoms with Gasteiger partial charge in [0.05, 0.1) is 0 Å². The minimum atomic E-state index is -3.55. The van der Waals surface area contributed by atoms with E-state index in [0.717, 1.165) is 19.3 Å². The van der Waals surface area contributed by atoms with Gasteiger partial charge >= 0.3 is 0 Å². The van der Waals surface area contributed by atoms with Crippen molar-refractivity contribution in [2.75, 3.05) is 11.9 Å². The van der Waals surface area contributed by atoms with Gasteiger partial charge in [-0.05, 0) is 54.1 Å². The minimum Gasteiger partial charge on any atom is -0.369 e. The summed E-state index contributed by atoms with van der Waals surface area (Å²) >= 11 is 3.28. The van der Waals surface area contributed by atoms with E-state index in [2.05, 4.69) is 37.9 Å². The van der Waals surface area contributed by atoms with Gasteiger partial charge in [0.15, 0.2) is 0 Å². The van der Waals surface area contributed by atoms with Gasteiger partial charge in [-0.2, -0.15) is 0 Å². The molecule has 1 aromatic rings. The zero-order valence-electron chi connectivity index (χ0n) is 11.7. The zero-order chi connectivity index (χ0) is 14.8. The van der Waals surface area contributed by atoms with Crippen LogP contribution < -0.4 is 10.0 Å². The van der Waals surface area contributed by atoms with E-state index in [4.69, 9.17) is 0 Å². The van der Waals surface area contributed by atoms with Crippen molar-refractivity contribution in [3.05, 3.63) is 16.7 Å². The zero-order valence-corrected chi connectivity index (χ0v) is 14.1. The van der Waals surface area contributed by atoms with Crippen LogP contribution in [0.2, 0.25) is 0 Å². The highest BCUT2D eigenvalue weighted by molar-refractivity contribution is 9.10. The van der Waals surface area contributed by atoms with E-state index in [0.29, 0.717) is 22.8 Å². The van der Waals surface area contributed by atoms with Gasteiger partial charge in [0.1, 0.15) is 10.7 Å². The Hall–Kier alpha value is -0.660. The SMILES string of the molecule is CCNc1ncc(Br)cc1S(=O)(=O)NC1CCC(C)C1. The topological polar surface area (TPSA) is 71.1 Å². The molecule has 1 aliphatic rings. The van der Waals surface area contributed by atoms with Crippen LogP contribution in [0.4, 0.5) is 5.82 Å². The van der Waals surface area contributed by atoms with Crippen LogP contribution in [0.25, 0.3) is 0 Å². The van der Waals surface area contributed by atoms with Crippen LogP contribution in [0.5, 0.6) is 0 Å². The molecule has 0 radical (unpaired) electrons. The van der Waals surface area contributed by atoms with Gasteiger partial charge in [-0.15, -0.1) is 0 Å². The Balaban J connectivity index is 2.26. The predicted octanol–water partition coefficient (Wildman–Crippen LogP) is 2.74. The first-order chi connectivity index (χ1) is 9.42. The fraction of sp³-hybridized carbons (Fsp3) is 0.615. The van der Waals surface area contributed by atoms with E-state index >= 15 is 0 Å². The van der Waals surface area contributed by atoms with Gasteiger partial charge in [0.25, 0.3) is 0 Å². The summed E-state index contributed by atoms with van der Waals surface area (Å²) in [7, 11) is -3.55. The summed E-state index contributed by atoms with van der Waals surface area (Å²) in [5.41, 5.74) is 0. The van der Waals surface area contributed by atoms with Gasteiger partial charge in [0.2, 0.25) is 10.0 Å². The molecule has 1 heterocycles. The van der Waals surface area contributed by atoms with Crippen LogP contribution >= 0.6 is 15.9 Å². The van der Waals surface area contributed by atoms with Crippen molar-refractivity contribution in [3.8, 4) is 0 Å². The Morgan fingerprint density at radius 1 is 1.45 bits per heavy atom. The molecule has 0 saturated heterocycles. The molecule has 0 spiro atoms. The highest BCUT2D eigenvalue weighted by Gasteiger charge is 2.28. The number of rotatable bonds is 5. The second-order valence-electron chi connectivity index (χ2n) is 5.27. The fourth-order valence-corrected chi connectivity index (χ4v) is 4.45. The second-order valence-corrected chi connectivity index (χ2v) is 7.87. The maximum absolute atomic E-state index is 12.5. The van der Waals surface area contributed by atoms with Gasteiger partial charge in [-0.1, -0.05) is 6.92 Å². The van der Waals surface area contributed by atoms with Crippen LogP contribution in [0.1, 0.15) is 33.1 Å². The van der Waals surface area contributed by atoms with Crippen LogP contribution in [-0.2, 0) is 10.0 Å². The first kappa shape index (κ1) is 15.7. The normalized spacial score (nSPS) is 22.9. The molecule has 1 aromatic heterocycles. The number of hydrogen-bond donors (Lipinski definition) is 2. The summed E-state index contributed by atoms with van der Waals surface area (Å²) in [6, 6.07) is 1.62. The molecule has 112 valence electrons. The van der Waals surface area contributed by atoms with Crippen molar-refractivity contribution < 1.29 is 8.42 Å². The molecule has 1 aliphatic carbocycles. The quantitative estimate of drug-likeness (QED) is 0.845. The number of sulfonamides is 1. The molecule has 2 unspecified atom stereocenters. The predicted molar refractivity (Wildman–Crippen MR) is 83.2 cm³/mol. The van der Waals surface area contributed by atoms with Crippen LogP contribution in [0.15, 0.2) is 21.6 Å². The van der Waals surface area contributed by atoms with E-state index in [1.807, 2.05) is 6.92 Å². The number of hydrogen-bond acceptors (Lipinski definition) is 4. The van der Waals surface area contributed by atoms with E-state index < -0.39 is 10.0 Å². The average Bonchev–Trinajstić information content (AvgIpc) is 2.76. The van der Waals surface area contributed by atoms with Crippen molar-refractivity contribution in [1.29, 1.82) is 0 Å². The van der Waals surface area contributed by atoms with Crippen LogP contribution in [0, 0.1) is 5.92 Å². The first-order valence-corrected chi connectivity index (χ1v) is 9.11. The third-order valence-corrected chi connectivity index (χ3v) is 5.44. The monoisotopic (exact) mass is 361 g/mol. The minimum absolute atomic E-state index is 0.0310. The Kier molecular flexibility index (Phi) is 5.04. The van der Waals surface area contributed by atoms with Crippen molar-refractivity contribution in [3.63, 3.8) is 0 Å². The average molecular weight is 362 g/mol. The molecule has 20 heavy (non-hydrogen) atoms. The third-order valence-electron chi connectivity index (χ3n) is 3.47. The molecular formula is C13H20BrN3O2S. The molecule has 0 amide bonds. The first-order valence-electron chi connectivity index (χ1n) is 6.84. The summed E-state index contributed by atoms with van der Waals surface area (Å²) < 4.78 is 28.5. The van der Waals surface area contributed by atoms with Crippen molar-refractivity contribution in [2.24, 2.45) is 5.92 Å². The Morgan fingerprint density at radius 3 is 2.80 bits per heavy atom. The van der Waals surface area contributed by atoms with E-state index in [1.54, 1.807) is 12.3 Å².